The van der Waals surface area contributed by atoms with Gasteiger partial charge in [-0.05, 0) is 38.5 Å². The van der Waals surface area contributed by atoms with E-state index in [0.717, 1.165) is 26.2 Å². The number of hydrogen-bond acceptors (Lipinski definition) is 6. The number of rotatable bonds is 47. The minimum Gasteiger partial charge on any atom is -0.411 e. The molecule has 0 heterocycles. The van der Waals surface area contributed by atoms with Crippen LogP contribution in [0.4, 0.5) is 0 Å². The molecule has 0 aromatic heterocycles. The van der Waals surface area contributed by atoms with Crippen molar-refractivity contribution in [1.82, 2.24) is 9.80 Å². The van der Waals surface area contributed by atoms with Crippen LogP contribution in [0.3, 0.4) is 0 Å². The van der Waals surface area contributed by atoms with E-state index in [1.54, 1.807) is 0 Å². The Kier molecular flexibility index (Phi) is 74.1. The molecular formula is C54H110N2S6Zn. The van der Waals surface area contributed by atoms with Crippen LogP contribution < -0.4 is 0 Å². The van der Waals surface area contributed by atoms with E-state index < -0.39 is 0 Å². The van der Waals surface area contributed by atoms with E-state index in [1.807, 2.05) is 0 Å². The Balaban J connectivity index is -0.000000564. The predicted octanol–water partition coefficient (Wildman–Crippen LogP) is 20.3. The first-order valence-electron chi connectivity index (χ1n) is 27.5. The van der Waals surface area contributed by atoms with E-state index >= 15 is 0 Å². The second-order valence-electron chi connectivity index (χ2n) is 18.2. The molecule has 0 atom stereocenters. The molecule has 0 radical (unpaired) electrons. The predicted molar refractivity (Wildman–Crippen MR) is 307 cm³/mol. The summed E-state index contributed by atoms with van der Waals surface area (Å²) in [6, 6.07) is 0. The van der Waals surface area contributed by atoms with Crippen molar-refractivity contribution in [2.24, 2.45) is 0 Å². The zero-order valence-electron chi connectivity index (χ0n) is 43.6. The average molecular weight is 1050 g/mol. The van der Waals surface area contributed by atoms with E-state index in [4.69, 9.17) is 49.7 Å². The van der Waals surface area contributed by atoms with Crippen LogP contribution in [-0.4, -0.2) is 56.1 Å². The molecule has 0 rings (SSSR count). The number of nitrogens with zero attached hydrogens (tertiary/aromatic N) is 2. The van der Waals surface area contributed by atoms with Crippen LogP contribution in [0.1, 0.15) is 298 Å². The molecule has 9 heteroatoms. The Morgan fingerprint density at radius 3 is 0.603 bits per heavy atom. The molecule has 0 aliphatic heterocycles. The van der Waals surface area contributed by atoms with Gasteiger partial charge in [0.25, 0.3) is 0 Å². The van der Waals surface area contributed by atoms with Crippen molar-refractivity contribution in [3.05, 3.63) is 0 Å². The van der Waals surface area contributed by atoms with Gasteiger partial charge in [-0.2, -0.15) is 0 Å². The molecule has 2 nitrogen and oxygen atoms in total. The summed E-state index contributed by atoms with van der Waals surface area (Å²) in [6.07, 6.45) is 56.6. The Morgan fingerprint density at radius 1 is 0.286 bits per heavy atom. The summed E-state index contributed by atoms with van der Waals surface area (Å²) in [7, 11) is 4.29. The Labute approximate surface area is 441 Å². The Bertz CT molecular complexity index is 756. The third-order valence-corrected chi connectivity index (χ3v) is 15.5. The zero-order chi connectivity index (χ0) is 46.3. The Hall–Kier alpha value is 1.54. The van der Waals surface area contributed by atoms with Gasteiger partial charge in [-0.3, -0.25) is 0 Å². The Morgan fingerprint density at radius 2 is 0.444 bits per heavy atom. The number of hydrogen-bond donors (Lipinski definition) is 0. The van der Waals surface area contributed by atoms with Crippen molar-refractivity contribution in [2.45, 2.75) is 298 Å². The van der Waals surface area contributed by atoms with Crippen LogP contribution in [0.15, 0.2) is 0 Å². The first-order chi connectivity index (χ1) is 30.4. The zero-order valence-corrected chi connectivity index (χ0v) is 51.4. The molecule has 0 saturated carbocycles. The SMILES string of the molecule is CCCCCCCCCCCCCCCCCCSSCCCCCCCCCCCCCCCCCC.CCCCN(CCCC)C(=S)[S-].CCCCN(CCCC)C(=S)[S-].[Zn+2]. The number of thiocarbonyl (C=S) groups is 2. The van der Waals surface area contributed by atoms with Crippen molar-refractivity contribution in [1.29, 1.82) is 0 Å². The molecule has 0 saturated heterocycles. The molecule has 0 fully saturated rings. The molecule has 0 aromatic rings. The first-order valence-corrected chi connectivity index (χ1v) is 31.6. The standard InChI is InChI=1S/C36H74S2.2C9H19NS2.Zn/c1-3-5-7-9-11-13-15-17-19-21-23-25-27-29-31-33-35-37-38-36-34-32-30-28-26-24-22-20-18-16-14-12-10-8-6-4-2;2*1-3-5-7-10(9(11)12)8-6-4-2;/h3-36H2,1-2H3;2*3-8H2,1-2H3,(H,11,12);/q;;;+2/p-2. The van der Waals surface area contributed by atoms with Gasteiger partial charge in [0.1, 0.15) is 0 Å². The molecule has 0 N–H and O–H groups in total. The fraction of sp³-hybridized carbons (Fsp3) is 0.963. The summed E-state index contributed by atoms with van der Waals surface area (Å²) < 4.78 is 1.27. The second kappa shape index (κ2) is 65.6. The molecular weight excluding hydrogens is 934 g/mol. The third-order valence-electron chi connectivity index (χ3n) is 11.9. The van der Waals surface area contributed by atoms with E-state index in [0.29, 0.717) is 8.64 Å². The molecule has 0 aliphatic carbocycles. The van der Waals surface area contributed by atoms with E-state index in [1.165, 1.54) is 268 Å². The van der Waals surface area contributed by atoms with Crippen LogP contribution in [-0.2, 0) is 44.7 Å². The topological polar surface area (TPSA) is 6.48 Å². The van der Waals surface area contributed by atoms with Crippen molar-refractivity contribution >= 4 is 79.9 Å². The summed E-state index contributed by atoms with van der Waals surface area (Å²) in [5.74, 6) is 2.75. The van der Waals surface area contributed by atoms with Gasteiger partial charge in [0, 0.05) is 37.7 Å². The third kappa shape index (κ3) is 65.7. The van der Waals surface area contributed by atoms with E-state index in [9.17, 15) is 0 Å². The maximum absolute atomic E-state index is 4.98. The van der Waals surface area contributed by atoms with Crippen LogP contribution in [0.5, 0.6) is 0 Å². The summed E-state index contributed by atoms with van der Waals surface area (Å²) >= 11 is 19.9. The van der Waals surface area contributed by atoms with Gasteiger partial charge < -0.3 is 59.5 Å². The maximum atomic E-state index is 4.98. The summed E-state index contributed by atoms with van der Waals surface area (Å²) in [6.45, 7) is 17.5. The van der Waals surface area contributed by atoms with Crippen molar-refractivity contribution in [3.8, 4) is 0 Å². The minimum atomic E-state index is 0. The molecule has 0 amide bonds. The first kappa shape index (κ1) is 71.1. The molecule has 0 bridgehead atoms. The summed E-state index contributed by atoms with van der Waals surface area (Å²) in [5, 5.41) is 0. The second-order valence-corrected chi connectivity index (χ2v) is 22.9. The summed E-state index contributed by atoms with van der Waals surface area (Å²) in [5.41, 5.74) is 0. The van der Waals surface area contributed by atoms with Gasteiger partial charge in [-0.25, -0.2) is 0 Å². The van der Waals surface area contributed by atoms with Crippen molar-refractivity contribution < 1.29 is 19.5 Å². The molecule has 374 valence electrons. The molecule has 0 unspecified atom stereocenters. The maximum Gasteiger partial charge on any atom is 2.00 e. The summed E-state index contributed by atoms with van der Waals surface area (Å²) in [4.78, 5) is 4.27. The van der Waals surface area contributed by atoms with Gasteiger partial charge >= 0.3 is 19.5 Å². The molecule has 0 aromatic carbocycles. The van der Waals surface area contributed by atoms with E-state index in [-0.39, 0.29) is 19.5 Å². The fourth-order valence-corrected chi connectivity index (χ4v) is 10.5. The molecule has 63 heavy (non-hydrogen) atoms. The van der Waals surface area contributed by atoms with Crippen LogP contribution in [0.25, 0.3) is 0 Å². The van der Waals surface area contributed by atoms with Crippen LogP contribution in [0.2, 0.25) is 0 Å². The van der Waals surface area contributed by atoms with Crippen LogP contribution in [0, 0.1) is 0 Å². The van der Waals surface area contributed by atoms with Gasteiger partial charge in [0.2, 0.25) is 0 Å². The fourth-order valence-electron chi connectivity index (χ4n) is 7.52. The smallest absolute Gasteiger partial charge is 0.411 e. The molecule has 0 spiro atoms. The van der Waals surface area contributed by atoms with Crippen molar-refractivity contribution in [2.75, 3.05) is 37.7 Å². The van der Waals surface area contributed by atoms with Crippen molar-refractivity contribution in [3.63, 3.8) is 0 Å². The van der Waals surface area contributed by atoms with Gasteiger partial charge in [-0.15, -0.1) is 0 Å². The van der Waals surface area contributed by atoms with E-state index in [2.05, 4.69) is 72.9 Å². The van der Waals surface area contributed by atoms with Crippen LogP contribution >= 0.6 is 46.0 Å². The minimum absolute atomic E-state index is 0. The van der Waals surface area contributed by atoms with Gasteiger partial charge in [0.15, 0.2) is 0 Å². The monoisotopic (exact) mass is 1040 g/mol. The van der Waals surface area contributed by atoms with Gasteiger partial charge in [-0.1, -0.05) is 290 Å². The molecule has 0 aliphatic rings. The quantitative estimate of drug-likeness (QED) is 0.0193. The normalized spacial score (nSPS) is 10.7. The van der Waals surface area contributed by atoms with Gasteiger partial charge in [0.05, 0.1) is 0 Å². The number of unbranched alkanes of at least 4 members (excludes halogenated alkanes) is 34. The average Bonchev–Trinajstić information content (AvgIpc) is 3.27. The largest absolute Gasteiger partial charge is 2.00 e.